The molecular formula is C14H13ClN2O3. The van der Waals surface area contributed by atoms with Crippen molar-refractivity contribution >= 4 is 17.4 Å². The minimum atomic E-state index is -0.255. The second kappa shape index (κ2) is 5.25. The lowest BCUT2D eigenvalue weighted by Crippen LogP contribution is -2.04. The van der Waals surface area contributed by atoms with Crippen LogP contribution in [0.3, 0.4) is 0 Å². The van der Waals surface area contributed by atoms with Gasteiger partial charge in [0.1, 0.15) is 11.5 Å². The van der Waals surface area contributed by atoms with Gasteiger partial charge in [-0.25, -0.2) is 0 Å². The van der Waals surface area contributed by atoms with Gasteiger partial charge in [-0.15, -0.1) is 0 Å². The van der Waals surface area contributed by atoms with E-state index in [1.807, 2.05) is 0 Å². The number of ketones is 1. The number of hydrogen-bond acceptors (Lipinski definition) is 5. The van der Waals surface area contributed by atoms with E-state index in [9.17, 15) is 4.79 Å². The van der Waals surface area contributed by atoms with E-state index in [1.165, 1.54) is 0 Å². The normalized spacial score (nSPS) is 18.5. The first-order valence-electron chi connectivity index (χ1n) is 6.39. The zero-order valence-corrected chi connectivity index (χ0v) is 11.7. The molecule has 6 heteroatoms. The Morgan fingerprint density at radius 3 is 3.00 bits per heavy atom. The molecule has 0 aliphatic heterocycles. The van der Waals surface area contributed by atoms with Crippen LogP contribution in [0.25, 0.3) is 11.4 Å². The summed E-state index contributed by atoms with van der Waals surface area (Å²) in [6, 6.07) is 5.19. The van der Waals surface area contributed by atoms with Gasteiger partial charge in [0, 0.05) is 11.4 Å². The van der Waals surface area contributed by atoms with Crippen LogP contribution in [0.15, 0.2) is 22.7 Å². The summed E-state index contributed by atoms with van der Waals surface area (Å²) in [4.78, 5) is 16.0. The average molecular weight is 293 g/mol. The third kappa shape index (κ3) is 2.29. The second-order valence-corrected chi connectivity index (χ2v) is 5.15. The quantitative estimate of drug-likeness (QED) is 0.869. The Balaban J connectivity index is 1.96. The van der Waals surface area contributed by atoms with Crippen LogP contribution in [0.2, 0.25) is 5.02 Å². The molecule has 1 atom stereocenters. The predicted octanol–water partition coefficient (Wildman–Crippen LogP) is 3.24. The smallest absolute Gasteiger partial charge is 0.237 e. The highest BCUT2D eigenvalue weighted by atomic mass is 35.5. The topological polar surface area (TPSA) is 65.2 Å². The first kappa shape index (κ1) is 13.1. The monoisotopic (exact) mass is 292 g/mol. The van der Waals surface area contributed by atoms with E-state index in [-0.39, 0.29) is 11.7 Å². The Morgan fingerprint density at radius 1 is 1.45 bits per heavy atom. The van der Waals surface area contributed by atoms with E-state index < -0.39 is 0 Å². The maximum absolute atomic E-state index is 11.7. The molecule has 1 aromatic heterocycles. The molecule has 1 aromatic carbocycles. The highest BCUT2D eigenvalue weighted by molar-refractivity contribution is 6.30. The zero-order valence-electron chi connectivity index (χ0n) is 10.9. The Kier molecular flexibility index (Phi) is 3.44. The van der Waals surface area contributed by atoms with Gasteiger partial charge in [-0.05, 0) is 31.0 Å². The van der Waals surface area contributed by atoms with Crippen LogP contribution in [0.4, 0.5) is 0 Å². The lowest BCUT2D eigenvalue weighted by molar-refractivity contribution is -0.119. The molecule has 0 radical (unpaired) electrons. The molecule has 0 spiro atoms. The summed E-state index contributed by atoms with van der Waals surface area (Å²) < 4.78 is 10.5. The predicted molar refractivity (Wildman–Crippen MR) is 72.9 cm³/mol. The lowest BCUT2D eigenvalue weighted by Gasteiger charge is -2.04. The van der Waals surface area contributed by atoms with Crippen molar-refractivity contribution in [1.82, 2.24) is 10.1 Å². The highest BCUT2D eigenvalue weighted by Gasteiger charge is 2.31. The van der Waals surface area contributed by atoms with Gasteiger partial charge in [0.25, 0.3) is 0 Å². The molecule has 0 N–H and O–H groups in total. The highest BCUT2D eigenvalue weighted by Crippen LogP contribution is 2.34. The van der Waals surface area contributed by atoms with E-state index in [4.69, 9.17) is 20.9 Å². The number of benzene rings is 1. The van der Waals surface area contributed by atoms with Gasteiger partial charge < -0.3 is 9.26 Å². The minimum Gasteiger partial charge on any atom is -0.496 e. The number of hydrogen-bond donors (Lipinski definition) is 0. The van der Waals surface area contributed by atoms with Gasteiger partial charge in [-0.1, -0.05) is 16.8 Å². The van der Waals surface area contributed by atoms with Crippen molar-refractivity contribution in [3.8, 4) is 17.1 Å². The van der Waals surface area contributed by atoms with Crippen LogP contribution in [0, 0.1) is 0 Å². The summed E-state index contributed by atoms with van der Waals surface area (Å²) in [5.74, 6) is 1.29. The van der Waals surface area contributed by atoms with Crippen molar-refractivity contribution in [3.05, 3.63) is 29.1 Å². The van der Waals surface area contributed by atoms with Crippen molar-refractivity contribution < 1.29 is 14.1 Å². The summed E-state index contributed by atoms with van der Waals surface area (Å²) in [5.41, 5.74) is 0.692. The standard InChI is InChI=1S/C14H13ClN2O3/c1-19-12-7-8(15)5-6-10(12)13-16-14(20-17-13)9-3-2-4-11(9)18/h5-7,9H,2-4H2,1H3. The Morgan fingerprint density at radius 2 is 2.30 bits per heavy atom. The third-order valence-electron chi connectivity index (χ3n) is 3.45. The molecule has 0 bridgehead atoms. The number of ether oxygens (including phenoxy) is 1. The number of nitrogens with zero attached hydrogens (tertiary/aromatic N) is 2. The van der Waals surface area contributed by atoms with E-state index >= 15 is 0 Å². The Hall–Kier alpha value is -1.88. The molecular weight excluding hydrogens is 280 g/mol. The Labute approximate surface area is 120 Å². The van der Waals surface area contributed by atoms with Crippen LogP contribution >= 0.6 is 11.6 Å². The molecule has 1 fully saturated rings. The van der Waals surface area contributed by atoms with Crippen molar-refractivity contribution in [2.75, 3.05) is 7.11 Å². The molecule has 1 saturated carbocycles. The molecule has 2 aromatic rings. The SMILES string of the molecule is COc1cc(Cl)ccc1-c1noc(C2CCCC2=O)n1. The first-order chi connectivity index (χ1) is 9.69. The second-order valence-electron chi connectivity index (χ2n) is 4.71. The van der Waals surface area contributed by atoms with Gasteiger partial charge in [0.05, 0.1) is 18.6 Å². The van der Waals surface area contributed by atoms with Gasteiger partial charge in [0.15, 0.2) is 0 Å². The molecule has 3 rings (SSSR count). The number of aromatic nitrogens is 2. The van der Waals surface area contributed by atoms with Crippen LogP contribution in [0.5, 0.6) is 5.75 Å². The summed E-state index contributed by atoms with van der Waals surface area (Å²) in [7, 11) is 1.55. The van der Waals surface area contributed by atoms with Crippen LogP contribution in [0.1, 0.15) is 31.1 Å². The number of carbonyl (C=O) groups excluding carboxylic acids is 1. The van der Waals surface area contributed by atoms with Gasteiger partial charge >= 0.3 is 0 Å². The van der Waals surface area contributed by atoms with Crippen LogP contribution in [-0.4, -0.2) is 23.0 Å². The number of carbonyl (C=O) groups is 1. The zero-order chi connectivity index (χ0) is 14.1. The van der Waals surface area contributed by atoms with Crippen LogP contribution < -0.4 is 4.74 Å². The van der Waals surface area contributed by atoms with Gasteiger partial charge in [-0.2, -0.15) is 4.98 Å². The van der Waals surface area contributed by atoms with E-state index in [1.54, 1.807) is 25.3 Å². The van der Waals surface area contributed by atoms with Gasteiger partial charge in [-0.3, -0.25) is 4.79 Å². The summed E-state index contributed by atoms with van der Waals surface area (Å²) in [6.45, 7) is 0. The Bertz CT molecular complexity index is 654. The summed E-state index contributed by atoms with van der Waals surface area (Å²) in [5, 5.41) is 4.51. The number of Topliss-reactive ketones (excluding diaryl/α,β-unsaturated/α-hetero) is 1. The van der Waals surface area contributed by atoms with Crippen molar-refractivity contribution in [2.45, 2.75) is 25.2 Å². The van der Waals surface area contributed by atoms with E-state index in [2.05, 4.69) is 10.1 Å². The minimum absolute atomic E-state index is 0.170. The maximum atomic E-state index is 11.7. The fraction of sp³-hybridized carbons (Fsp3) is 0.357. The fourth-order valence-electron chi connectivity index (χ4n) is 2.41. The molecule has 1 unspecified atom stereocenters. The first-order valence-corrected chi connectivity index (χ1v) is 6.77. The van der Waals surface area contributed by atoms with E-state index in [0.717, 1.165) is 12.8 Å². The van der Waals surface area contributed by atoms with Crippen molar-refractivity contribution in [1.29, 1.82) is 0 Å². The largest absolute Gasteiger partial charge is 0.496 e. The molecule has 104 valence electrons. The molecule has 20 heavy (non-hydrogen) atoms. The molecule has 1 aliphatic rings. The number of halogens is 1. The lowest BCUT2D eigenvalue weighted by atomic mass is 10.1. The van der Waals surface area contributed by atoms with Crippen molar-refractivity contribution in [2.24, 2.45) is 0 Å². The average Bonchev–Trinajstić information content (AvgIpc) is 3.07. The van der Waals surface area contributed by atoms with Gasteiger partial charge in [0.2, 0.25) is 11.7 Å². The number of methoxy groups -OCH3 is 1. The van der Waals surface area contributed by atoms with E-state index in [0.29, 0.717) is 34.5 Å². The third-order valence-corrected chi connectivity index (χ3v) is 3.68. The van der Waals surface area contributed by atoms with Crippen molar-refractivity contribution in [3.63, 3.8) is 0 Å². The molecule has 0 saturated heterocycles. The van der Waals surface area contributed by atoms with Crippen LogP contribution in [-0.2, 0) is 4.79 Å². The molecule has 5 nitrogen and oxygen atoms in total. The molecule has 1 aliphatic carbocycles. The fourth-order valence-corrected chi connectivity index (χ4v) is 2.57. The number of rotatable bonds is 3. The summed E-state index contributed by atoms with van der Waals surface area (Å²) >= 11 is 5.92. The molecule has 0 amide bonds. The molecule has 1 heterocycles. The summed E-state index contributed by atoms with van der Waals surface area (Å²) in [6.07, 6.45) is 2.25. The maximum Gasteiger partial charge on any atom is 0.237 e.